The van der Waals surface area contributed by atoms with Crippen LogP contribution >= 0.6 is 0 Å². The van der Waals surface area contributed by atoms with Crippen molar-refractivity contribution in [2.45, 2.75) is 37.2 Å². The average molecular weight is 429 g/mol. The average Bonchev–Trinajstić information content (AvgIpc) is 3.24. The Balaban J connectivity index is 1.60. The van der Waals surface area contributed by atoms with Gasteiger partial charge in [-0.15, -0.1) is 0 Å². The van der Waals surface area contributed by atoms with Gasteiger partial charge in [0, 0.05) is 31.2 Å². The van der Waals surface area contributed by atoms with Crippen LogP contribution in [0.2, 0.25) is 0 Å². The SMILES string of the molecule is Cc1ccc(S(=O)(=O)N(c2ccc(F)cc2)C2CCN(Cc3ccoc3)CC2)cc1. The summed E-state index contributed by atoms with van der Waals surface area (Å²) >= 11 is 0. The number of hydrogen-bond donors (Lipinski definition) is 0. The van der Waals surface area contributed by atoms with Crippen LogP contribution in [0.3, 0.4) is 0 Å². The van der Waals surface area contributed by atoms with Crippen molar-refractivity contribution in [3.8, 4) is 0 Å². The van der Waals surface area contributed by atoms with Gasteiger partial charge in [-0.25, -0.2) is 12.8 Å². The summed E-state index contributed by atoms with van der Waals surface area (Å²) in [6, 6.07) is 14.3. The van der Waals surface area contributed by atoms with Gasteiger partial charge in [0.15, 0.2) is 0 Å². The van der Waals surface area contributed by atoms with Crippen molar-refractivity contribution in [3.05, 3.63) is 84.1 Å². The van der Waals surface area contributed by atoms with E-state index in [0.717, 1.165) is 30.8 Å². The van der Waals surface area contributed by atoms with Crippen LogP contribution in [0.4, 0.5) is 10.1 Å². The Hall–Kier alpha value is -2.64. The molecule has 2 aromatic carbocycles. The van der Waals surface area contributed by atoms with Crippen molar-refractivity contribution in [1.82, 2.24) is 4.90 Å². The Morgan fingerprint density at radius 1 is 1.03 bits per heavy atom. The maximum atomic E-state index is 13.6. The van der Waals surface area contributed by atoms with E-state index in [0.29, 0.717) is 18.5 Å². The van der Waals surface area contributed by atoms with Crippen molar-refractivity contribution in [2.75, 3.05) is 17.4 Å². The second kappa shape index (κ2) is 8.62. The van der Waals surface area contributed by atoms with Gasteiger partial charge in [-0.05, 0) is 62.2 Å². The number of nitrogens with zero attached hydrogens (tertiary/aromatic N) is 2. The largest absolute Gasteiger partial charge is 0.472 e. The third-order valence-electron chi connectivity index (χ3n) is 5.53. The molecule has 0 aliphatic carbocycles. The monoisotopic (exact) mass is 428 g/mol. The number of sulfonamides is 1. The van der Waals surface area contributed by atoms with E-state index in [2.05, 4.69) is 4.90 Å². The van der Waals surface area contributed by atoms with E-state index in [1.807, 2.05) is 13.0 Å². The second-order valence-corrected chi connectivity index (χ2v) is 9.54. The first-order valence-corrected chi connectivity index (χ1v) is 11.5. The van der Waals surface area contributed by atoms with Gasteiger partial charge in [-0.2, -0.15) is 0 Å². The molecule has 158 valence electrons. The molecule has 1 aliphatic heterocycles. The molecule has 0 saturated carbocycles. The Morgan fingerprint density at radius 2 is 1.70 bits per heavy atom. The van der Waals surface area contributed by atoms with Crippen LogP contribution in [0.5, 0.6) is 0 Å². The highest BCUT2D eigenvalue weighted by Gasteiger charge is 2.34. The number of hydrogen-bond acceptors (Lipinski definition) is 4. The van der Waals surface area contributed by atoms with Crippen molar-refractivity contribution in [1.29, 1.82) is 0 Å². The molecule has 0 spiro atoms. The van der Waals surface area contributed by atoms with E-state index in [4.69, 9.17) is 4.42 Å². The molecular formula is C23H25FN2O3S. The number of likely N-dealkylation sites (tertiary alicyclic amines) is 1. The van der Waals surface area contributed by atoms with Crippen LogP contribution in [-0.4, -0.2) is 32.4 Å². The summed E-state index contributed by atoms with van der Waals surface area (Å²) < 4.78 is 47.3. The molecule has 1 saturated heterocycles. The normalized spacial score (nSPS) is 15.9. The van der Waals surface area contributed by atoms with Crippen LogP contribution in [0.25, 0.3) is 0 Å². The zero-order valence-corrected chi connectivity index (χ0v) is 17.7. The molecule has 0 unspecified atom stereocenters. The Kier molecular flexibility index (Phi) is 5.92. The maximum Gasteiger partial charge on any atom is 0.264 e. The zero-order valence-electron chi connectivity index (χ0n) is 16.9. The molecule has 5 nitrogen and oxygen atoms in total. The minimum Gasteiger partial charge on any atom is -0.472 e. The van der Waals surface area contributed by atoms with Gasteiger partial charge in [0.1, 0.15) is 5.82 Å². The molecule has 0 N–H and O–H groups in total. The van der Waals surface area contributed by atoms with Crippen LogP contribution in [-0.2, 0) is 16.6 Å². The summed E-state index contributed by atoms with van der Waals surface area (Å²) in [5.41, 5.74) is 2.59. The van der Waals surface area contributed by atoms with Crippen LogP contribution in [0, 0.1) is 12.7 Å². The first kappa shape index (κ1) is 20.6. The summed E-state index contributed by atoms with van der Waals surface area (Å²) in [6.45, 7) is 4.25. The Morgan fingerprint density at radius 3 is 2.30 bits per heavy atom. The number of piperidine rings is 1. The zero-order chi connectivity index (χ0) is 21.1. The minimum absolute atomic E-state index is 0.192. The lowest BCUT2D eigenvalue weighted by atomic mass is 10.0. The van der Waals surface area contributed by atoms with Gasteiger partial charge < -0.3 is 4.42 Å². The lowest BCUT2D eigenvalue weighted by molar-refractivity contribution is 0.206. The van der Waals surface area contributed by atoms with E-state index < -0.39 is 10.0 Å². The summed E-state index contributed by atoms with van der Waals surface area (Å²) in [5, 5.41) is 0. The molecule has 4 rings (SSSR count). The summed E-state index contributed by atoms with van der Waals surface area (Å²) in [7, 11) is -3.77. The number of anilines is 1. The number of furan rings is 1. The summed E-state index contributed by atoms with van der Waals surface area (Å²) in [6.07, 6.45) is 4.78. The minimum atomic E-state index is -3.77. The fourth-order valence-electron chi connectivity index (χ4n) is 3.91. The lowest BCUT2D eigenvalue weighted by Crippen LogP contribution is -2.47. The molecule has 7 heteroatoms. The van der Waals surface area contributed by atoms with Crippen molar-refractivity contribution < 1.29 is 17.2 Å². The number of halogens is 1. The van der Waals surface area contributed by atoms with Crippen LogP contribution in [0.1, 0.15) is 24.0 Å². The smallest absolute Gasteiger partial charge is 0.264 e. The molecular weight excluding hydrogens is 403 g/mol. The molecule has 0 amide bonds. The first-order valence-electron chi connectivity index (χ1n) is 10.0. The number of aryl methyl sites for hydroxylation is 1. The number of benzene rings is 2. The summed E-state index contributed by atoms with van der Waals surface area (Å²) in [4.78, 5) is 2.54. The van der Waals surface area contributed by atoms with Crippen LogP contribution < -0.4 is 4.31 Å². The fraction of sp³-hybridized carbons (Fsp3) is 0.304. The van der Waals surface area contributed by atoms with Gasteiger partial charge >= 0.3 is 0 Å². The topological polar surface area (TPSA) is 53.8 Å². The van der Waals surface area contributed by atoms with Crippen molar-refractivity contribution in [3.63, 3.8) is 0 Å². The standard InChI is InChI=1S/C23H25FN2O3S/c1-18-2-8-23(9-3-18)30(27,28)26(21-6-4-20(24)5-7-21)22-10-13-25(14-11-22)16-19-12-15-29-17-19/h2-9,12,15,17,22H,10-11,13-14,16H2,1H3. The van der Waals surface area contributed by atoms with Gasteiger partial charge in [-0.3, -0.25) is 9.21 Å². The van der Waals surface area contributed by atoms with Gasteiger partial charge in [0.25, 0.3) is 10.0 Å². The molecule has 30 heavy (non-hydrogen) atoms. The molecule has 2 heterocycles. The fourth-order valence-corrected chi connectivity index (χ4v) is 5.62. The first-order chi connectivity index (χ1) is 14.4. The van der Waals surface area contributed by atoms with Gasteiger partial charge in [0.05, 0.1) is 23.1 Å². The molecule has 0 atom stereocenters. The van der Waals surface area contributed by atoms with Crippen LogP contribution in [0.15, 0.2) is 76.4 Å². The van der Waals surface area contributed by atoms with E-state index >= 15 is 0 Å². The molecule has 3 aromatic rings. The maximum absolute atomic E-state index is 13.6. The van der Waals surface area contributed by atoms with E-state index in [1.54, 1.807) is 48.9 Å². The van der Waals surface area contributed by atoms with Gasteiger partial charge in [-0.1, -0.05) is 17.7 Å². The quantitative estimate of drug-likeness (QED) is 0.576. The predicted molar refractivity (Wildman–Crippen MR) is 114 cm³/mol. The van der Waals surface area contributed by atoms with E-state index in [-0.39, 0.29) is 16.8 Å². The molecule has 1 aromatic heterocycles. The lowest BCUT2D eigenvalue weighted by Gasteiger charge is -2.39. The molecule has 0 bridgehead atoms. The highest BCUT2D eigenvalue weighted by atomic mass is 32.2. The summed E-state index contributed by atoms with van der Waals surface area (Å²) in [5.74, 6) is -0.388. The third-order valence-corrected chi connectivity index (χ3v) is 7.43. The third kappa shape index (κ3) is 4.42. The molecule has 1 fully saturated rings. The van der Waals surface area contributed by atoms with Crippen molar-refractivity contribution in [2.24, 2.45) is 0 Å². The highest BCUT2D eigenvalue weighted by Crippen LogP contribution is 2.31. The van der Waals surface area contributed by atoms with Gasteiger partial charge in [0.2, 0.25) is 0 Å². The molecule has 1 aliphatic rings. The van der Waals surface area contributed by atoms with Crippen molar-refractivity contribution >= 4 is 15.7 Å². The van der Waals surface area contributed by atoms with E-state index in [1.165, 1.54) is 16.4 Å². The predicted octanol–water partition coefficient (Wildman–Crippen LogP) is 4.59. The highest BCUT2D eigenvalue weighted by molar-refractivity contribution is 7.92. The van der Waals surface area contributed by atoms with E-state index in [9.17, 15) is 12.8 Å². The second-order valence-electron chi connectivity index (χ2n) is 7.73. The Bertz CT molecular complexity index is 1060. The number of rotatable bonds is 6. The molecule has 0 radical (unpaired) electrons. The Labute approximate surface area is 176 Å².